The molecule has 7 nitrogen and oxygen atoms in total. The van der Waals surface area contributed by atoms with Crippen LogP contribution in [0.3, 0.4) is 0 Å². The summed E-state index contributed by atoms with van der Waals surface area (Å²) in [6.07, 6.45) is 3.36. The number of oxazole rings is 1. The van der Waals surface area contributed by atoms with Crippen molar-refractivity contribution in [2.45, 2.75) is 33.4 Å². The Morgan fingerprint density at radius 3 is 2.77 bits per heavy atom. The van der Waals surface area contributed by atoms with E-state index in [1.807, 2.05) is 48.2 Å². The molecule has 0 aliphatic carbocycles. The fraction of sp³-hybridized carbons (Fsp3) is 0.227. The van der Waals surface area contributed by atoms with Crippen LogP contribution in [0.2, 0.25) is 0 Å². The molecule has 154 valence electrons. The first kappa shape index (κ1) is 19.9. The average Bonchev–Trinajstić information content (AvgIpc) is 3.48. The third-order valence-corrected chi connectivity index (χ3v) is 5.71. The molecule has 0 radical (unpaired) electrons. The maximum atomic E-state index is 12.4. The molecular weight excluding hydrogens is 398 g/mol. The lowest BCUT2D eigenvalue weighted by atomic mass is 10.1. The molecule has 1 aromatic carbocycles. The Hall–Kier alpha value is -3.39. The number of carbonyl (C=O) groups excluding carboxylic acids is 1. The summed E-state index contributed by atoms with van der Waals surface area (Å²) in [5, 5.41) is 12.2. The Morgan fingerprint density at radius 1 is 1.23 bits per heavy atom. The van der Waals surface area contributed by atoms with Crippen LogP contribution in [-0.2, 0) is 6.54 Å². The SMILES string of the molecule is Cc1ccc(-n2ncc([C@H](C)NC(=O)NCc3coc(-c4cccs4)n3)c2C)cc1. The number of nitrogens with one attached hydrogen (secondary N) is 2. The van der Waals surface area contributed by atoms with Gasteiger partial charge in [-0.05, 0) is 44.4 Å². The summed E-state index contributed by atoms with van der Waals surface area (Å²) >= 11 is 1.56. The van der Waals surface area contributed by atoms with Crippen molar-refractivity contribution in [3.8, 4) is 16.5 Å². The molecule has 3 heterocycles. The van der Waals surface area contributed by atoms with Gasteiger partial charge in [-0.15, -0.1) is 11.3 Å². The number of aryl methyl sites for hydroxylation is 1. The number of thiophene rings is 1. The van der Waals surface area contributed by atoms with Crippen LogP contribution in [0.25, 0.3) is 16.5 Å². The first-order valence-electron chi connectivity index (χ1n) is 9.65. The highest BCUT2D eigenvalue weighted by Gasteiger charge is 2.17. The molecule has 2 N–H and O–H groups in total. The molecule has 0 spiro atoms. The average molecular weight is 422 g/mol. The number of nitrogens with zero attached hydrogens (tertiary/aromatic N) is 3. The van der Waals surface area contributed by atoms with Crippen molar-refractivity contribution in [3.05, 3.63) is 76.8 Å². The summed E-state index contributed by atoms with van der Waals surface area (Å²) in [6.45, 7) is 6.28. The second-order valence-electron chi connectivity index (χ2n) is 7.10. The highest BCUT2D eigenvalue weighted by atomic mass is 32.1. The van der Waals surface area contributed by atoms with Crippen LogP contribution in [0.1, 0.15) is 35.5 Å². The van der Waals surface area contributed by atoms with Gasteiger partial charge in [0, 0.05) is 11.3 Å². The fourth-order valence-electron chi connectivity index (χ4n) is 3.19. The molecular formula is C22H23N5O2S. The van der Waals surface area contributed by atoms with Gasteiger partial charge in [-0.3, -0.25) is 0 Å². The van der Waals surface area contributed by atoms with E-state index < -0.39 is 0 Å². The molecule has 30 heavy (non-hydrogen) atoms. The summed E-state index contributed by atoms with van der Waals surface area (Å²) in [5.74, 6) is 0.565. The van der Waals surface area contributed by atoms with Gasteiger partial charge < -0.3 is 15.1 Å². The lowest BCUT2D eigenvalue weighted by Gasteiger charge is -2.14. The lowest BCUT2D eigenvalue weighted by molar-refractivity contribution is 0.237. The third-order valence-electron chi connectivity index (χ3n) is 4.85. The predicted octanol–water partition coefficient (Wildman–Crippen LogP) is 4.77. The number of benzene rings is 1. The van der Waals surface area contributed by atoms with E-state index in [0.29, 0.717) is 11.6 Å². The predicted molar refractivity (Wildman–Crippen MR) is 117 cm³/mol. The van der Waals surface area contributed by atoms with Crippen LogP contribution >= 0.6 is 11.3 Å². The fourth-order valence-corrected chi connectivity index (χ4v) is 3.85. The van der Waals surface area contributed by atoms with Gasteiger partial charge >= 0.3 is 6.03 Å². The van der Waals surface area contributed by atoms with Crippen molar-refractivity contribution in [1.29, 1.82) is 0 Å². The molecule has 0 aliphatic heterocycles. The Balaban J connectivity index is 1.35. The van der Waals surface area contributed by atoms with Crippen LogP contribution in [0.15, 0.2) is 58.7 Å². The number of carbonyl (C=O) groups is 1. The monoisotopic (exact) mass is 421 g/mol. The summed E-state index contributed by atoms with van der Waals surface area (Å²) < 4.78 is 7.36. The van der Waals surface area contributed by atoms with Gasteiger partial charge in [0.15, 0.2) is 0 Å². The summed E-state index contributed by atoms with van der Waals surface area (Å²) in [4.78, 5) is 17.7. The van der Waals surface area contributed by atoms with Gasteiger partial charge in [0.1, 0.15) is 6.26 Å². The molecule has 2 amide bonds. The smallest absolute Gasteiger partial charge is 0.315 e. The maximum Gasteiger partial charge on any atom is 0.315 e. The van der Waals surface area contributed by atoms with Crippen LogP contribution < -0.4 is 10.6 Å². The van der Waals surface area contributed by atoms with Crippen LogP contribution in [-0.4, -0.2) is 20.8 Å². The van der Waals surface area contributed by atoms with Gasteiger partial charge in [0.05, 0.1) is 35.0 Å². The first-order valence-corrected chi connectivity index (χ1v) is 10.5. The molecule has 0 fully saturated rings. The Bertz CT molecular complexity index is 1130. The Kier molecular flexibility index (Phi) is 5.67. The number of amides is 2. The second-order valence-corrected chi connectivity index (χ2v) is 8.05. The quantitative estimate of drug-likeness (QED) is 0.470. The van der Waals surface area contributed by atoms with Gasteiger partial charge in [-0.1, -0.05) is 23.8 Å². The van der Waals surface area contributed by atoms with E-state index in [2.05, 4.69) is 39.8 Å². The minimum atomic E-state index is -0.273. The second kappa shape index (κ2) is 8.54. The normalized spacial score (nSPS) is 12.0. The highest BCUT2D eigenvalue weighted by Crippen LogP contribution is 2.23. The minimum absolute atomic E-state index is 0.191. The minimum Gasteiger partial charge on any atom is -0.443 e. The first-order chi connectivity index (χ1) is 14.5. The van der Waals surface area contributed by atoms with Gasteiger partial charge in [-0.25, -0.2) is 14.5 Å². The van der Waals surface area contributed by atoms with Crippen molar-refractivity contribution >= 4 is 17.4 Å². The van der Waals surface area contributed by atoms with E-state index >= 15 is 0 Å². The van der Waals surface area contributed by atoms with Gasteiger partial charge in [-0.2, -0.15) is 5.10 Å². The zero-order valence-electron chi connectivity index (χ0n) is 17.0. The zero-order chi connectivity index (χ0) is 21.1. The van der Waals surface area contributed by atoms with Gasteiger partial charge in [0.25, 0.3) is 0 Å². The molecule has 0 unspecified atom stereocenters. The van der Waals surface area contributed by atoms with E-state index in [0.717, 1.165) is 21.8 Å². The third kappa shape index (κ3) is 4.28. The largest absolute Gasteiger partial charge is 0.443 e. The molecule has 0 saturated heterocycles. The molecule has 0 aliphatic rings. The Morgan fingerprint density at radius 2 is 2.03 bits per heavy atom. The Labute approximate surface area is 178 Å². The van der Waals surface area contributed by atoms with Crippen molar-refractivity contribution in [3.63, 3.8) is 0 Å². The highest BCUT2D eigenvalue weighted by molar-refractivity contribution is 7.13. The molecule has 1 atom stereocenters. The topological polar surface area (TPSA) is 85.0 Å². The van der Waals surface area contributed by atoms with Crippen molar-refractivity contribution in [2.75, 3.05) is 0 Å². The van der Waals surface area contributed by atoms with Crippen LogP contribution in [0, 0.1) is 13.8 Å². The van der Waals surface area contributed by atoms with Crippen molar-refractivity contribution in [1.82, 2.24) is 25.4 Å². The number of urea groups is 1. The summed E-state index contributed by atoms with van der Waals surface area (Å²) in [7, 11) is 0. The van der Waals surface area contributed by atoms with Gasteiger partial charge in [0.2, 0.25) is 5.89 Å². The summed E-state index contributed by atoms with van der Waals surface area (Å²) in [6, 6.07) is 11.6. The number of hydrogen-bond acceptors (Lipinski definition) is 5. The molecule has 8 heteroatoms. The lowest BCUT2D eigenvalue weighted by Crippen LogP contribution is -2.36. The van der Waals surface area contributed by atoms with E-state index in [4.69, 9.17) is 4.42 Å². The number of rotatable bonds is 6. The van der Waals surface area contributed by atoms with E-state index in [9.17, 15) is 4.79 Å². The molecule has 3 aromatic heterocycles. The molecule has 4 aromatic rings. The zero-order valence-corrected chi connectivity index (χ0v) is 17.9. The van der Waals surface area contributed by atoms with E-state index in [1.54, 1.807) is 23.8 Å². The standard InChI is InChI=1S/C22H23N5O2S/c1-14-6-8-18(9-7-14)27-16(3)19(12-24-27)15(2)25-22(28)23-11-17-13-29-21(26-17)20-5-4-10-30-20/h4-10,12-13,15H,11H2,1-3H3,(H2,23,25,28)/t15-/m0/s1. The maximum absolute atomic E-state index is 12.4. The van der Waals surface area contributed by atoms with Crippen molar-refractivity contribution in [2.24, 2.45) is 0 Å². The molecule has 0 saturated carbocycles. The number of hydrogen-bond donors (Lipinski definition) is 2. The van der Waals surface area contributed by atoms with Crippen LogP contribution in [0.4, 0.5) is 4.79 Å². The molecule has 0 bridgehead atoms. The van der Waals surface area contributed by atoms with Crippen LogP contribution in [0.5, 0.6) is 0 Å². The van der Waals surface area contributed by atoms with E-state index in [-0.39, 0.29) is 18.6 Å². The van der Waals surface area contributed by atoms with E-state index in [1.165, 1.54) is 5.56 Å². The number of aromatic nitrogens is 3. The van der Waals surface area contributed by atoms with Crippen molar-refractivity contribution < 1.29 is 9.21 Å². The summed E-state index contributed by atoms with van der Waals surface area (Å²) in [5.41, 5.74) is 4.82. The molecule has 4 rings (SSSR count).